The molecule has 0 bridgehead atoms. The average molecular weight is 359 g/mol. The summed E-state index contributed by atoms with van der Waals surface area (Å²) in [5.41, 5.74) is 0.199. The molecule has 1 aromatic rings. The lowest BCUT2D eigenvalue weighted by atomic mass is 10.1. The Balaban J connectivity index is 2.02. The van der Waals surface area contributed by atoms with Gasteiger partial charge in [-0.05, 0) is 39.0 Å². The molecule has 0 spiro atoms. The van der Waals surface area contributed by atoms with Gasteiger partial charge in [-0.15, -0.1) is 0 Å². The van der Waals surface area contributed by atoms with Crippen LogP contribution in [0.4, 0.5) is 10.1 Å². The number of carbonyl (C=O) groups excluding carboxylic acids is 1. The van der Waals surface area contributed by atoms with E-state index in [2.05, 4.69) is 26.1 Å². The number of halogens is 2. The first-order valence-electron chi connectivity index (χ1n) is 7.02. The first kappa shape index (κ1) is 16.4. The number of amides is 1. The fourth-order valence-electron chi connectivity index (χ4n) is 2.53. The summed E-state index contributed by atoms with van der Waals surface area (Å²) in [4.78, 5) is 14.4. The van der Waals surface area contributed by atoms with E-state index < -0.39 is 5.82 Å². The van der Waals surface area contributed by atoms with Gasteiger partial charge in [0, 0.05) is 17.6 Å². The van der Waals surface area contributed by atoms with Crippen LogP contribution in [-0.4, -0.2) is 42.1 Å². The predicted octanol–water partition coefficient (Wildman–Crippen LogP) is 3.02. The zero-order chi connectivity index (χ0) is 15.6. The number of hydrogen-bond acceptors (Lipinski definition) is 3. The first-order valence-corrected chi connectivity index (χ1v) is 7.81. The molecule has 1 amide bonds. The number of rotatable bonds is 3. The highest BCUT2D eigenvalue weighted by Gasteiger charge is 2.29. The molecule has 2 rings (SSSR count). The van der Waals surface area contributed by atoms with E-state index >= 15 is 0 Å². The molecule has 6 heteroatoms. The second kappa shape index (κ2) is 6.85. The summed E-state index contributed by atoms with van der Waals surface area (Å²) in [6.45, 7) is 7.20. The Morgan fingerprint density at radius 1 is 1.43 bits per heavy atom. The van der Waals surface area contributed by atoms with Crippen molar-refractivity contribution in [3.05, 3.63) is 28.5 Å². The van der Waals surface area contributed by atoms with Crippen LogP contribution < -0.4 is 5.32 Å². The minimum Gasteiger partial charge on any atom is -0.373 e. The van der Waals surface area contributed by atoms with Crippen LogP contribution in [0.1, 0.15) is 20.8 Å². The molecule has 4 nitrogen and oxygen atoms in total. The van der Waals surface area contributed by atoms with E-state index in [1.54, 1.807) is 12.1 Å². The molecule has 1 N–H and O–H groups in total. The molecule has 116 valence electrons. The second-order valence-electron chi connectivity index (χ2n) is 5.50. The third-order valence-electron chi connectivity index (χ3n) is 3.56. The molecule has 0 radical (unpaired) electrons. The van der Waals surface area contributed by atoms with Gasteiger partial charge in [-0.3, -0.25) is 9.69 Å². The number of nitrogens with one attached hydrogen (secondary N) is 1. The topological polar surface area (TPSA) is 41.6 Å². The van der Waals surface area contributed by atoms with E-state index in [0.717, 1.165) is 0 Å². The molecule has 1 aromatic carbocycles. The predicted molar refractivity (Wildman–Crippen MR) is 83.8 cm³/mol. The number of carbonyl (C=O) groups is 1. The van der Waals surface area contributed by atoms with Crippen molar-refractivity contribution in [2.75, 3.05) is 18.4 Å². The molecule has 1 aliphatic heterocycles. The van der Waals surface area contributed by atoms with Crippen molar-refractivity contribution in [2.24, 2.45) is 0 Å². The van der Waals surface area contributed by atoms with Crippen LogP contribution in [0.2, 0.25) is 0 Å². The normalized spacial score (nSPS) is 24.6. The van der Waals surface area contributed by atoms with Gasteiger partial charge >= 0.3 is 0 Å². The highest BCUT2D eigenvalue weighted by Crippen LogP contribution is 2.20. The highest BCUT2D eigenvalue weighted by atomic mass is 79.9. The minimum atomic E-state index is -0.450. The van der Waals surface area contributed by atoms with Gasteiger partial charge in [-0.25, -0.2) is 4.39 Å². The molecule has 0 saturated carbocycles. The van der Waals surface area contributed by atoms with E-state index in [9.17, 15) is 9.18 Å². The van der Waals surface area contributed by atoms with E-state index in [1.807, 2.05) is 20.8 Å². The van der Waals surface area contributed by atoms with Crippen molar-refractivity contribution in [1.29, 1.82) is 0 Å². The number of benzene rings is 1. The van der Waals surface area contributed by atoms with E-state index in [4.69, 9.17) is 4.74 Å². The Bertz CT molecular complexity index is 516. The van der Waals surface area contributed by atoms with Crippen molar-refractivity contribution in [2.45, 2.75) is 39.0 Å². The SMILES string of the molecule is C[C@@H]1CN([C@H](C)C(=O)Nc2ccc(Br)cc2F)C[C@@H](C)O1. The monoisotopic (exact) mass is 358 g/mol. The summed E-state index contributed by atoms with van der Waals surface area (Å²) in [6.07, 6.45) is 0.182. The lowest BCUT2D eigenvalue weighted by molar-refractivity contribution is -0.126. The van der Waals surface area contributed by atoms with Crippen LogP contribution in [-0.2, 0) is 9.53 Å². The van der Waals surface area contributed by atoms with Gasteiger partial charge in [0.05, 0.1) is 23.9 Å². The zero-order valence-electron chi connectivity index (χ0n) is 12.4. The van der Waals surface area contributed by atoms with Crippen LogP contribution in [0.15, 0.2) is 22.7 Å². The van der Waals surface area contributed by atoms with Crippen LogP contribution >= 0.6 is 15.9 Å². The summed E-state index contributed by atoms with van der Waals surface area (Å²) in [5, 5.41) is 2.65. The van der Waals surface area contributed by atoms with Crippen molar-refractivity contribution in [1.82, 2.24) is 4.90 Å². The Hall–Kier alpha value is -0.980. The maximum absolute atomic E-state index is 13.8. The molecule has 3 atom stereocenters. The second-order valence-corrected chi connectivity index (χ2v) is 6.42. The third kappa shape index (κ3) is 4.25. The van der Waals surface area contributed by atoms with Crippen LogP contribution in [0.5, 0.6) is 0 Å². The number of anilines is 1. The summed E-state index contributed by atoms with van der Waals surface area (Å²) in [6, 6.07) is 4.25. The lowest BCUT2D eigenvalue weighted by Crippen LogP contribution is -2.52. The quantitative estimate of drug-likeness (QED) is 0.902. The van der Waals surface area contributed by atoms with Crippen LogP contribution in [0.3, 0.4) is 0 Å². The fraction of sp³-hybridized carbons (Fsp3) is 0.533. The molecule has 1 aliphatic rings. The minimum absolute atomic E-state index is 0.0911. The van der Waals surface area contributed by atoms with Gasteiger partial charge in [0.15, 0.2) is 0 Å². The van der Waals surface area contributed by atoms with Crippen LogP contribution in [0.25, 0.3) is 0 Å². The lowest BCUT2D eigenvalue weighted by Gasteiger charge is -2.38. The summed E-state index contributed by atoms with van der Waals surface area (Å²) >= 11 is 3.19. The van der Waals surface area contributed by atoms with E-state index in [0.29, 0.717) is 17.6 Å². The first-order chi connectivity index (χ1) is 9.86. The van der Waals surface area contributed by atoms with Crippen LogP contribution in [0, 0.1) is 5.82 Å². The Morgan fingerprint density at radius 2 is 2.05 bits per heavy atom. The largest absolute Gasteiger partial charge is 0.373 e. The Morgan fingerprint density at radius 3 is 2.62 bits per heavy atom. The summed E-state index contributed by atoms with van der Waals surface area (Å²) < 4.78 is 20.1. The molecule has 1 saturated heterocycles. The smallest absolute Gasteiger partial charge is 0.241 e. The molecule has 21 heavy (non-hydrogen) atoms. The van der Waals surface area contributed by atoms with Crippen molar-refractivity contribution in [3.63, 3.8) is 0 Å². The van der Waals surface area contributed by atoms with Gasteiger partial charge in [-0.1, -0.05) is 15.9 Å². The number of nitrogens with zero attached hydrogens (tertiary/aromatic N) is 1. The average Bonchev–Trinajstić information content (AvgIpc) is 2.40. The standard InChI is InChI=1S/C15H20BrFN2O2/c1-9-7-19(8-10(2)21-9)11(3)15(20)18-14-5-4-12(16)6-13(14)17/h4-6,9-11H,7-8H2,1-3H3,(H,18,20)/t9-,10-,11-/m1/s1. The van der Waals surface area contributed by atoms with Gasteiger partial charge < -0.3 is 10.1 Å². The highest BCUT2D eigenvalue weighted by molar-refractivity contribution is 9.10. The molecule has 0 aromatic heterocycles. The van der Waals surface area contributed by atoms with Crippen molar-refractivity contribution < 1.29 is 13.9 Å². The maximum atomic E-state index is 13.8. The summed E-state index contributed by atoms with van der Waals surface area (Å²) in [5.74, 6) is -0.661. The van der Waals surface area contributed by atoms with E-state index in [-0.39, 0.29) is 29.8 Å². The van der Waals surface area contributed by atoms with E-state index in [1.165, 1.54) is 6.07 Å². The van der Waals surface area contributed by atoms with Gasteiger partial charge in [-0.2, -0.15) is 0 Å². The van der Waals surface area contributed by atoms with Gasteiger partial charge in [0.25, 0.3) is 0 Å². The molecular weight excluding hydrogens is 339 g/mol. The van der Waals surface area contributed by atoms with Crippen molar-refractivity contribution in [3.8, 4) is 0 Å². The molecule has 1 fully saturated rings. The molecule has 0 unspecified atom stereocenters. The van der Waals surface area contributed by atoms with Gasteiger partial charge in [0.2, 0.25) is 5.91 Å². The molecule has 0 aliphatic carbocycles. The van der Waals surface area contributed by atoms with Gasteiger partial charge in [0.1, 0.15) is 5.82 Å². The molecule has 1 heterocycles. The molecular formula is C15H20BrFN2O2. The third-order valence-corrected chi connectivity index (χ3v) is 4.06. The number of ether oxygens (including phenoxy) is 1. The number of morpholine rings is 1. The fourth-order valence-corrected chi connectivity index (χ4v) is 2.86. The number of hydrogen-bond donors (Lipinski definition) is 1. The van der Waals surface area contributed by atoms with Crippen molar-refractivity contribution >= 4 is 27.5 Å². The maximum Gasteiger partial charge on any atom is 0.241 e. The Labute approximate surface area is 132 Å². The zero-order valence-corrected chi connectivity index (χ0v) is 14.0. The Kier molecular flexibility index (Phi) is 5.35. The summed E-state index contributed by atoms with van der Waals surface area (Å²) in [7, 11) is 0.